The fourth-order valence-electron chi connectivity index (χ4n) is 3.87. The third-order valence-electron chi connectivity index (χ3n) is 5.66. The first-order valence-electron chi connectivity index (χ1n) is 10.8. The molecular formula is C24H30N2O5S. The average molecular weight is 459 g/mol. The second kappa shape index (κ2) is 11.1. The molecule has 2 aromatic rings. The quantitative estimate of drug-likeness (QED) is 0.564. The first kappa shape index (κ1) is 23.8. The minimum atomic E-state index is -0.582. The Morgan fingerprint density at radius 1 is 1.06 bits per heavy atom. The number of carbonyl (C=O) groups is 3. The van der Waals surface area contributed by atoms with Gasteiger partial charge in [0.05, 0.1) is 12.1 Å². The lowest BCUT2D eigenvalue weighted by Crippen LogP contribution is -2.49. The zero-order chi connectivity index (χ0) is 23.1. The number of ether oxygens (including phenoxy) is 2. The Morgan fingerprint density at radius 2 is 1.75 bits per heavy atom. The Bertz CT molecular complexity index is 903. The molecule has 0 N–H and O–H groups in total. The number of carbonyl (C=O) groups excluding carboxylic acids is 3. The molecule has 1 aromatic heterocycles. The number of hydrogen-bond donors (Lipinski definition) is 0. The average Bonchev–Trinajstić information content (AvgIpc) is 3.29. The molecule has 1 saturated heterocycles. The van der Waals surface area contributed by atoms with Gasteiger partial charge in [-0.2, -0.15) is 0 Å². The van der Waals surface area contributed by atoms with Crippen LogP contribution < -0.4 is 4.74 Å². The van der Waals surface area contributed by atoms with E-state index >= 15 is 0 Å². The zero-order valence-corrected chi connectivity index (χ0v) is 19.6. The van der Waals surface area contributed by atoms with Crippen molar-refractivity contribution in [3.8, 4) is 5.75 Å². The van der Waals surface area contributed by atoms with Crippen LogP contribution in [0.5, 0.6) is 5.75 Å². The third-order valence-corrected chi connectivity index (χ3v) is 6.52. The Balaban J connectivity index is 1.44. The minimum Gasteiger partial charge on any atom is -0.484 e. The molecule has 0 saturated carbocycles. The van der Waals surface area contributed by atoms with Crippen molar-refractivity contribution in [3.05, 3.63) is 52.2 Å². The molecule has 0 spiro atoms. The highest BCUT2D eigenvalue weighted by atomic mass is 32.1. The molecule has 1 aliphatic heterocycles. The predicted octanol–water partition coefficient (Wildman–Crippen LogP) is 3.73. The molecule has 2 heterocycles. The normalized spacial score (nSPS) is 18.2. The summed E-state index contributed by atoms with van der Waals surface area (Å²) in [6.07, 6.45) is 3.17. The van der Waals surface area contributed by atoms with Gasteiger partial charge in [-0.25, -0.2) is 4.79 Å². The number of hydrogen-bond acceptors (Lipinski definition) is 6. The van der Waals surface area contributed by atoms with Crippen molar-refractivity contribution in [2.75, 3.05) is 20.3 Å². The van der Waals surface area contributed by atoms with E-state index in [0.717, 1.165) is 24.1 Å². The highest BCUT2D eigenvalue weighted by Crippen LogP contribution is 2.23. The van der Waals surface area contributed by atoms with Crippen LogP contribution in [0.25, 0.3) is 0 Å². The van der Waals surface area contributed by atoms with E-state index in [1.807, 2.05) is 22.4 Å². The molecule has 3 rings (SSSR count). The van der Waals surface area contributed by atoms with E-state index in [1.54, 1.807) is 42.6 Å². The summed E-state index contributed by atoms with van der Waals surface area (Å²) in [5.74, 6) is -0.384. The van der Waals surface area contributed by atoms with E-state index in [0.29, 0.717) is 17.9 Å². The standard InChI is InChI=1S/C24H30N2O5S/c1-17-6-4-7-18(2)26(17)23(28)16-30-20-11-9-19(10-12-20)24(29)31-15-22(27)25(3)14-21-8-5-13-32-21/h5,8-13,17-18H,4,6-7,14-16H2,1-3H3. The molecule has 172 valence electrons. The van der Waals surface area contributed by atoms with Gasteiger partial charge in [-0.1, -0.05) is 6.07 Å². The molecule has 2 atom stereocenters. The molecule has 7 nitrogen and oxygen atoms in total. The number of likely N-dealkylation sites (tertiary alicyclic amines) is 1. The molecule has 1 aliphatic rings. The summed E-state index contributed by atoms with van der Waals surface area (Å²) in [4.78, 5) is 41.5. The van der Waals surface area contributed by atoms with Crippen molar-refractivity contribution < 1.29 is 23.9 Å². The molecule has 1 aromatic carbocycles. The smallest absolute Gasteiger partial charge is 0.338 e. The fraction of sp³-hybridized carbons (Fsp3) is 0.458. The van der Waals surface area contributed by atoms with E-state index in [1.165, 1.54) is 4.90 Å². The number of piperidine rings is 1. The molecule has 0 aliphatic carbocycles. The van der Waals surface area contributed by atoms with Gasteiger partial charge in [0.25, 0.3) is 11.8 Å². The van der Waals surface area contributed by atoms with Crippen LogP contribution in [0.3, 0.4) is 0 Å². The van der Waals surface area contributed by atoms with Gasteiger partial charge >= 0.3 is 5.97 Å². The topological polar surface area (TPSA) is 76.1 Å². The van der Waals surface area contributed by atoms with Gasteiger partial charge < -0.3 is 19.3 Å². The third kappa shape index (κ3) is 6.32. The van der Waals surface area contributed by atoms with Gasteiger partial charge in [0, 0.05) is 24.0 Å². The molecule has 8 heteroatoms. The van der Waals surface area contributed by atoms with Crippen LogP contribution in [0.4, 0.5) is 0 Å². The molecule has 0 bridgehead atoms. The van der Waals surface area contributed by atoms with Gasteiger partial charge in [0.1, 0.15) is 5.75 Å². The van der Waals surface area contributed by atoms with Crippen LogP contribution in [-0.2, 0) is 20.9 Å². The van der Waals surface area contributed by atoms with Crippen molar-refractivity contribution >= 4 is 29.1 Å². The van der Waals surface area contributed by atoms with E-state index < -0.39 is 5.97 Å². The lowest BCUT2D eigenvalue weighted by atomic mass is 9.97. The number of nitrogens with zero attached hydrogens (tertiary/aromatic N) is 2. The highest BCUT2D eigenvalue weighted by molar-refractivity contribution is 7.09. The van der Waals surface area contributed by atoms with Crippen LogP contribution in [-0.4, -0.2) is 59.9 Å². The number of amides is 2. The Hall–Kier alpha value is -2.87. The SMILES string of the molecule is CC1CCCC(C)N1C(=O)COc1ccc(C(=O)OCC(=O)N(C)Cc2cccs2)cc1. The summed E-state index contributed by atoms with van der Waals surface area (Å²) >= 11 is 1.57. The van der Waals surface area contributed by atoms with E-state index in [-0.39, 0.29) is 37.1 Å². The first-order valence-corrected chi connectivity index (χ1v) is 11.7. The van der Waals surface area contributed by atoms with Crippen molar-refractivity contribution in [2.24, 2.45) is 0 Å². The maximum absolute atomic E-state index is 12.6. The van der Waals surface area contributed by atoms with Gasteiger partial charge in [0.2, 0.25) is 0 Å². The number of benzene rings is 1. The molecule has 1 fully saturated rings. The summed E-state index contributed by atoms with van der Waals surface area (Å²) in [5.41, 5.74) is 0.315. The van der Waals surface area contributed by atoms with E-state index in [9.17, 15) is 14.4 Å². The Morgan fingerprint density at radius 3 is 2.38 bits per heavy atom. The van der Waals surface area contributed by atoms with Crippen molar-refractivity contribution in [3.63, 3.8) is 0 Å². The minimum absolute atomic E-state index is 0.0293. The van der Waals surface area contributed by atoms with Crippen molar-refractivity contribution in [2.45, 2.75) is 51.7 Å². The van der Waals surface area contributed by atoms with E-state index in [2.05, 4.69) is 13.8 Å². The van der Waals surface area contributed by atoms with Crippen LogP contribution in [0.15, 0.2) is 41.8 Å². The van der Waals surface area contributed by atoms with Crippen molar-refractivity contribution in [1.29, 1.82) is 0 Å². The zero-order valence-electron chi connectivity index (χ0n) is 18.8. The molecule has 32 heavy (non-hydrogen) atoms. The second-order valence-electron chi connectivity index (χ2n) is 8.15. The van der Waals surface area contributed by atoms with Crippen LogP contribution in [0, 0.1) is 0 Å². The molecular weight excluding hydrogens is 428 g/mol. The van der Waals surface area contributed by atoms with Crippen LogP contribution in [0.2, 0.25) is 0 Å². The summed E-state index contributed by atoms with van der Waals surface area (Å²) in [6, 6.07) is 10.7. The molecule has 2 unspecified atom stereocenters. The van der Waals surface area contributed by atoms with E-state index in [4.69, 9.17) is 9.47 Å². The maximum Gasteiger partial charge on any atom is 0.338 e. The highest BCUT2D eigenvalue weighted by Gasteiger charge is 2.29. The Kier molecular flexibility index (Phi) is 8.27. The molecule has 2 amide bonds. The monoisotopic (exact) mass is 458 g/mol. The van der Waals surface area contributed by atoms with Crippen LogP contribution in [0.1, 0.15) is 48.3 Å². The van der Waals surface area contributed by atoms with Gasteiger partial charge in [-0.3, -0.25) is 9.59 Å². The molecule has 0 radical (unpaired) electrons. The first-order chi connectivity index (χ1) is 15.3. The second-order valence-corrected chi connectivity index (χ2v) is 9.18. The summed E-state index contributed by atoms with van der Waals surface area (Å²) in [5, 5.41) is 1.95. The van der Waals surface area contributed by atoms with Crippen molar-refractivity contribution in [1.82, 2.24) is 9.80 Å². The Labute approximate surface area is 192 Å². The lowest BCUT2D eigenvalue weighted by Gasteiger charge is -2.38. The van der Waals surface area contributed by atoms with Gasteiger partial charge in [-0.05, 0) is 68.8 Å². The maximum atomic E-state index is 12.6. The summed E-state index contributed by atoms with van der Waals surface area (Å²) < 4.78 is 10.8. The summed E-state index contributed by atoms with van der Waals surface area (Å²) in [6.45, 7) is 4.26. The predicted molar refractivity (Wildman–Crippen MR) is 123 cm³/mol. The van der Waals surface area contributed by atoms with Crippen LogP contribution >= 0.6 is 11.3 Å². The van der Waals surface area contributed by atoms with Gasteiger partial charge in [-0.15, -0.1) is 11.3 Å². The largest absolute Gasteiger partial charge is 0.484 e. The number of likely N-dealkylation sites (N-methyl/N-ethyl adjacent to an activating group) is 1. The number of esters is 1. The summed E-state index contributed by atoms with van der Waals surface area (Å²) in [7, 11) is 1.68. The fourth-order valence-corrected chi connectivity index (χ4v) is 4.62. The van der Waals surface area contributed by atoms with Gasteiger partial charge in [0.15, 0.2) is 13.2 Å². The number of rotatable bonds is 8. The lowest BCUT2D eigenvalue weighted by molar-refractivity contribution is -0.139. The number of thiophene rings is 1.